The van der Waals surface area contributed by atoms with Crippen molar-refractivity contribution in [2.75, 3.05) is 25.0 Å². The lowest BCUT2D eigenvalue weighted by Crippen LogP contribution is -2.50. The third-order valence-electron chi connectivity index (χ3n) is 7.99. The van der Waals surface area contributed by atoms with E-state index in [1.54, 1.807) is 4.90 Å². The van der Waals surface area contributed by atoms with E-state index in [1.807, 2.05) is 92.0 Å². The lowest BCUT2D eigenvalue weighted by molar-refractivity contribution is -0.130. The molecule has 1 aromatic heterocycles. The maximum Gasteiger partial charge on any atom is 0.253 e. The van der Waals surface area contributed by atoms with Crippen molar-refractivity contribution in [3.05, 3.63) is 102 Å². The maximum absolute atomic E-state index is 13.8. The predicted molar refractivity (Wildman–Crippen MR) is 162 cm³/mol. The zero-order valence-electron chi connectivity index (χ0n) is 23.3. The van der Waals surface area contributed by atoms with Crippen molar-refractivity contribution in [3.8, 4) is 0 Å². The van der Waals surface area contributed by atoms with E-state index in [0.717, 1.165) is 22.0 Å². The first-order valence-corrected chi connectivity index (χ1v) is 14.2. The van der Waals surface area contributed by atoms with Gasteiger partial charge in [-0.15, -0.1) is 0 Å². The molecule has 0 bridgehead atoms. The van der Waals surface area contributed by atoms with E-state index in [-0.39, 0.29) is 29.6 Å². The van der Waals surface area contributed by atoms with Gasteiger partial charge in [0, 0.05) is 53.3 Å². The number of likely N-dealkylation sites (tertiary alicyclic amines) is 1. The quantitative estimate of drug-likeness (QED) is 0.246. The number of carbonyl (C=O) groups is 3. The lowest BCUT2D eigenvalue weighted by Gasteiger charge is -2.33. The smallest absolute Gasteiger partial charge is 0.253 e. The number of para-hydroxylation sites is 1. The summed E-state index contributed by atoms with van der Waals surface area (Å²) < 4.78 is 0. The Morgan fingerprint density at radius 1 is 0.976 bits per heavy atom. The van der Waals surface area contributed by atoms with Gasteiger partial charge < -0.3 is 26.3 Å². The van der Waals surface area contributed by atoms with Crippen LogP contribution in [0.2, 0.25) is 0 Å². The third-order valence-corrected chi connectivity index (χ3v) is 7.99. The Bertz CT molecular complexity index is 1510. The Morgan fingerprint density at radius 3 is 2.46 bits per heavy atom. The molecule has 1 fully saturated rings. The molecular weight excluding hydrogens is 514 g/mol. The van der Waals surface area contributed by atoms with Crippen molar-refractivity contribution in [2.24, 2.45) is 11.7 Å². The van der Waals surface area contributed by atoms with Crippen molar-refractivity contribution < 1.29 is 14.4 Å². The van der Waals surface area contributed by atoms with Crippen LogP contribution in [0.15, 0.2) is 85.1 Å². The number of hydrogen-bond acceptors (Lipinski definition) is 4. The number of piperidine rings is 1. The molecule has 8 heteroatoms. The molecule has 8 nitrogen and oxygen atoms in total. The van der Waals surface area contributed by atoms with Crippen LogP contribution in [0.25, 0.3) is 10.9 Å². The predicted octanol–water partition coefficient (Wildman–Crippen LogP) is 4.45. The highest BCUT2D eigenvalue weighted by molar-refractivity contribution is 5.99. The summed E-state index contributed by atoms with van der Waals surface area (Å²) in [7, 11) is 0. The van der Waals surface area contributed by atoms with Crippen LogP contribution >= 0.6 is 0 Å². The van der Waals surface area contributed by atoms with Crippen LogP contribution in [-0.4, -0.2) is 53.3 Å². The minimum atomic E-state index is -0.802. The number of nitrogens with zero attached hydrogens (tertiary/aromatic N) is 1. The summed E-state index contributed by atoms with van der Waals surface area (Å²) in [5.41, 5.74) is 10.0. The summed E-state index contributed by atoms with van der Waals surface area (Å²) in [4.78, 5) is 45.3. The number of fused-ring (bicyclic) bond motifs is 1. The number of nitrogens with two attached hydrogens (primary N) is 1. The highest BCUT2D eigenvalue weighted by Gasteiger charge is 2.34. The molecule has 0 unspecified atom stereocenters. The van der Waals surface area contributed by atoms with Crippen LogP contribution in [-0.2, 0) is 16.0 Å². The summed E-state index contributed by atoms with van der Waals surface area (Å²) in [6.45, 7) is 3.47. The van der Waals surface area contributed by atoms with Gasteiger partial charge in [0.05, 0.1) is 0 Å². The van der Waals surface area contributed by atoms with Crippen LogP contribution in [0.5, 0.6) is 0 Å². The summed E-state index contributed by atoms with van der Waals surface area (Å²) in [5, 5.41) is 7.13. The fraction of sp³-hybridized carbons (Fsp3) is 0.303. The van der Waals surface area contributed by atoms with Gasteiger partial charge in [-0.05, 0) is 67.3 Å². The minimum Gasteiger partial charge on any atom is -0.361 e. The van der Waals surface area contributed by atoms with Gasteiger partial charge in [-0.2, -0.15) is 0 Å². The SMILES string of the molecule is C[C@H](c1c[nH]c2ccccc12)[C@@H](NC(=O)C1CCN(C(=O)c2ccccc2)CC1)C(=O)Nc1cccc(CCN)c1. The van der Waals surface area contributed by atoms with Crippen LogP contribution in [0, 0.1) is 5.92 Å². The highest BCUT2D eigenvalue weighted by atomic mass is 16.2. The molecule has 41 heavy (non-hydrogen) atoms. The Kier molecular flexibility index (Phi) is 8.79. The van der Waals surface area contributed by atoms with Crippen molar-refractivity contribution in [1.29, 1.82) is 0 Å². The number of aromatic amines is 1. The molecule has 0 saturated carbocycles. The second kappa shape index (κ2) is 12.8. The minimum absolute atomic E-state index is 0.0217. The monoisotopic (exact) mass is 551 g/mol. The van der Waals surface area contributed by atoms with Gasteiger partial charge in [0.25, 0.3) is 5.91 Å². The first kappa shape index (κ1) is 28.1. The maximum atomic E-state index is 13.8. The standard InChI is InChI=1S/C33H37N5O3/c1-22(28-21-35-29-13-6-5-12-27(28)29)30(32(40)36-26-11-7-8-23(20-26)14-17-34)37-31(39)24-15-18-38(19-16-24)33(41)25-9-3-2-4-10-25/h2-13,20-22,24,30,35H,14-19,34H2,1H3,(H,36,40)(H,37,39)/t22-,30-/m1/s1. The molecule has 1 aliphatic heterocycles. The number of carbonyl (C=O) groups excluding carboxylic acids is 3. The summed E-state index contributed by atoms with van der Waals surface area (Å²) in [6, 6.07) is 24.0. The van der Waals surface area contributed by atoms with Gasteiger partial charge in [0.15, 0.2) is 0 Å². The topological polar surface area (TPSA) is 120 Å². The van der Waals surface area contributed by atoms with Crippen LogP contribution in [0.1, 0.15) is 47.2 Å². The van der Waals surface area contributed by atoms with E-state index >= 15 is 0 Å². The fourth-order valence-corrected chi connectivity index (χ4v) is 5.64. The van der Waals surface area contributed by atoms with Gasteiger partial charge in [0.1, 0.15) is 6.04 Å². The first-order chi connectivity index (χ1) is 19.9. The molecule has 5 N–H and O–H groups in total. The lowest BCUT2D eigenvalue weighted by atomic mass is 9.90. The summed E-state index contributed by atoms with van der Waals surface area (Å²) in [5.74, 6) is -1.06. The molecule has 4 aromatic rings. The molecule has 3 amide bonds. The molecule has 212 valence electrons. The number of anilines is 1. The van der Waals surface area contributed by atoms with E-state index in [2.05, 4.69) is 15.6 Å². The average Bonchev–Trinajstić information content (AvgIpc) is 3.44. The zero-order chi connectivity index (χ0) is 28.8. The molecule has 0 spiro atoms. The fourth-order valence-electron chi connectivity index (χ4n) is 5.64. The van der Waals surface area contributed by atoms with Crippen molar-refractivity contribution in [3.63, 3.8) is 0 Å². The average molecular weight is 552 g/mol. The number of hydrogen-bond donors (Lipinski definition) is 4. The summed E-state index contributed by atoms with van der Waals surface area (Å²) in [6.07, 6.45) is 3.71. The first-order valence-electron chi connectivity index (χ1n) is 14.2. The second-order valence-corrected chi connectivity index (χ2v) is 10.7. The van der Waals surface area contributed by atoms with Crippen molar-refractivity contribution in [2.45, 2.75) is 38.1 Å². The Labute approximate surface area is 240 Å². The number of aromatic nitrogens is 1. The molecule has 0 aliphatic carbocycles. The van der Waals surface area contributed by atoms with E-state index in [4.69, 9.17) is 5.73 Å². The van der Waals surface area contributed by atoms with E-state index in [0.29, 0.717) is 50.1 Å². The van der Waals surface area contributed by atoms with Gasteiger partial charge >= 0.3 is 0 Å². The Hall–Kier alpha value is -4.43. The van der Waals surface area contributed by atoms with Crippen LogP contribution in [0.4, 0.5) is 5.69 Å². The van der Waals surface area contributed by atoms with Crippen LogP contribution < -0.4 is 16.4 Å². The van der Waals surface area contributed by atoms with Crippen molar-refractivity contribution >= 4 is 34.3 Å². The van der Waals surface area contributed by atoms with Gasteiger partial charge in [-0.3, -0.25) is 14.4 Å². The Balaban J connectivity index is 1.32. The number of benzene rings is 3. The van der Waals surface area contributed by atoms with Crippen LogP contribution in [0.3, 0.4) is 0 Å². The highest BCUT2D eigenvalue weighted by Crippen LogP contribution is 2.29. The van der Waals surface area contributed by atoms with Gasteiger partial charge in [-0.25, -0.2) is 0 Å². The van der Waals surface area contributed by atoms with Crippen molar-refractivity contribution in [1.82, 2.24) is 15.2 Å². The van der Waals surface area contributed by atoms with E-state index in [9.17, 15) is 14.4 Å². The molecule has 1 aliphatic rings. The molecule has 2 atom stereocenters. The normalized spacial score (nSPS) is 15.3. The summed E-state index contributed by atoms with van der Waals surface area (Å²) >= 11 is 0. The molecular formula is C33H37N5O3. The van der Waals surface area contributed by atoms with E-state index in [1.165, 1.54) is 0 Å². The molecule has 3 aromatic carbocycles. The van der Waals surface area contributed by atoms with E-state index < -0.39 is 6.04 Å². The molecule has 2 heterocycles. The van der Waals surface area contributed by atoms with Gasteiger partial charge in [-0.1, -0.05) is 55.5 Å². The number of rotatable bonds is 9. The zero-order valence-corrected chi connectivity index (χ0v) is 23.3. The molecule has 1 saturated heterocycles. The Morgan fingerprint density at radius 2 is 1.71 bits per heavy atom. The van der Waals surface area contributed by atoms with Gasteiger partial charge in [0.2, 0.25) is 11.8 Å². The second-order valence-electron chi connectivity index (χ2n) is 10.7. The number of amides is 3. The molecule has 0 radical (unpaired) electrons. The largest absolute Gasteiger partial charge is 0.361 e. The molecule has 5 rings (SSSR count). The third kappa shape index (κ3) is 6.49. The number of nitrogens with one attached hydrogen (secondary N) is 3. The number of H-pyrrole nitrogens is 1.